The molecule has 0 amide bonds. The Morgan fingerprint density at radius 3 is 2.46 bits per heavy atom. The van der Waals surface area contributed by atoms with E-state index in [4.69, 9.17) is 9.84 Å². The first-order chi connectivity index (χ1) is 11.3. The molecule has 0 spiro atoms. The average molecular weight is 347 g/mol. The summed E-state index contributed by atoms with van der Waals surface area (Å²) in [6.07, 6.45) is 0.630. The van der Waals surface area contributed by atoms with E-state index in [9.17, 15) is 18.0 Å². The molecule has 0 fully saturated rings. The molecule has 0 aliphatic carbocycles. The van der Waals surface area contributed by atoms with E-state index >= 15 is 0 Å². The van der Waals surface area contributed by atoms with Crippen LogP contribution >= 0.6 is 0 Å². The van der Waals surface area contributed by atoms with Gasteiger partial charge in [-0.05, 0) is 54.4 Å². The lowest BCUT2D eigenvalue weighted by Crippen LogP contribution is -2.18. The summed E-state index contributed by atoms with van der Waals surface area (Å²) in [5.74, 6) is -1.06. The van der Waals surface area contributed by atoms with Gasteiger partial charge in [0.05, 0.1) is 16.9 Å². The van der Waals surface area contributed by atoms with E-state index in [2.05, 4.69) is 4.72 Å². The number of fused-ring (bicyclic) bond motifs is 1. The van der Waals surface area contributed by atoms with Crippen LogP contribution in [0.2, 0.25) is 0 Å². The van der Waals surface area contributed by atoms with Gasteiger partial charge in [-0.1, -0.05) is 0 Å². The first kappa shape index (κ1) is 16.0. The minimum atomic E-state index is -3.83. The van der Waals surface area contributed by atoms with Crippen molar-refractivity contribution in [3.8, 4) is 5.75 Å². The number of aromatic carboxylic acids is 1. The van der Waals surface area contributed by atoms with Crippen molar-refractivity contribution >= 4 is 27.6 Å². The number of rotatable bonds is 4. The first-order valence-corrected chi connectivity index (χ1v) is 8.53. The lowest BCUT2D eigenvalue weighted by atomic mass is 10.1. The van der Waals surface area contributed by atoms with Crippen LogP contribution in [0.3, 0.4) is 0 Å². The highest BCUT2D eigenvalue weighted by molar-refractivity contribution is 7.92. The molecule has 0 radical (unpaired) electrons. The number of aryl methyl sites for hydroxylation is 1. The number of nitrogens with one attached hydrogen (secondary N) is 1. The Balaban J connectivity index is 1.85. The maximum Gasteiger partial charge on any atom is 0.335 e. The monoisotopic (exact) mass is 347 g/mol. The van der Waals surface area contributed by atoms with Crippen molar-refractivity contribution in [3.05, 3.63) is 53.6 Å². The van der Waals surface area contributed by atoms with Gasteiger partial charge in [-0.25, -0.2) is 13.2 Å². The molecule has 0 saturated carbocycles. The summed E-state index contributed by atoms with van der Waals surface area (Å²) in [4.78, 5) is 22.1. The Labute approximate surface area is 137 Å². The minimum absolute atomic E-state index is 0.0431. The zero-order valence-corrected chi connectivity index (χ0v) is 13.2. The average Bonchev–Trinajstić information content (AvgIpc) is 2.54. The summed E-state index contributed by atoms with van der Waals surface area (Å²) in [5.41, 5.74) is 0.969. The predicted octanol–water partition coefficient (Wildman–Crippen LogP) is 2.04. The van der Waals surface area contributed by atoms with Crippen LogP contribution in [0.5, 0.6) is 5.75 Å². The maximum absolute atomic E-state index is 12.4. The molecule has 2 N–H and O–H groups in total. The minimum Gasteiger partial charge on any atom is -0.478 e. The molecule has 2 aromatic rings. The van der Waals surface area contributed by atoms with Crippen LogP contribution in [0.15, 0.2) is 47.4 Å². The number of ether oxygens (including phenoxy) is 1. The summed E-state index contributed by atoms with van der Waals surface area (Å²) in [6, 6.07) is 9.65. The first-order valence-electron chi connectivity index (χ1n) is 7.05. The summed E-state index contributed by atoms with van der Waals surface area (Å²) in [6.45, 7) is 0. The number of carboxylic acid groups (broad SMARTS) is 1. The third kappa shape index (κ3) is 3.23. The van der Waals surface area contributed by atoms with Gasteiger partial charge in [0.15, 0.2) is 0 Å². The summed E-state index contributed by atoms with van der Waals surface area (Å²) in [7, 11) is -3.83. The van der Waals surface area contributed by atoms with Crippen LogP contribution in [0.4, 0.5) is 5.69 Å². The highest BCUT2D eigenvalue weighted by Crippen LogP contribution is 2.28. The molecule has 1 aliphatic rings. The predicted molar refractivity (Wildman–Crippen MR) is 84.6 cm³/mol. The summed E-state index contributed by atoms with van der Waals surface area (Å²) < 4.78 is 32.3. The van der Waals surface area contributed by atoms with Gasteiger partial charge in [0, 0.05) is 5.69 Å². The maximum atomic E-state index is 12.4. The lowest BCUT2D eigenvalue weighted by Gasteiger charge is -2.16. The van der Waals surface area contributed by atoms with Crippen LogP contribution < -0.4 is 9.46 Å². The highest BCUT2D eigenvalue weighted by Gasteiger charge is 2.21. The van der Waals surface area contributed by atoms with E-state index in [-0.39, 0.29) is 28.5 Å². The highest BCUT2D eigenvalue weighted by atomic mass is 32.2. The van der Waals surface area contributed by atoms with Crippen molar-refractivity contribution in [2.45, 2.75) is 17.7 Å². The Morgan fingerprint density at radius 2 is 1.79 bits per heavy atom. The molecule has 8 heteroatoms. The molecular weight excluding hydrogens is 334 g/mol. The summed E-state index contributed by atoms with van der Waals surface area (Å²) in [5, 5.41) is 8.84. The van der Waals surface area contributed by atoms with Crippen molar-refractivity contribution in [1.82, 2.24) is 0 Å². The molecule has 0 aromatic heterocycles. The van der Waals surface area contributed by atoms with Gasteiger partial charge in [-0.3, -0.25) is 9.52 Å². The van der Waals surface area contributed by atoms with Crippen LogP contribution in [0.1, 0.15) is 22.3 Å². The van der Waals surface area contributed by atoms with Crippen molar-refractivity contribution in [2.24, 2.45) is 0 Å². The van der Waals surface area contributed by atoms with Crippen molar-refractivity contribution in [3.63, 3.8) is 0 Å². The number of carbonyl (C=O) groups excluding carboxylic acids is 1. The van der Waals surface area contributed by atoms with Crippen LogP contribution in [-0.4, -0.2) is 25.5 Å². The van der Waals surface area contributed by atoms with Crippen molar-refractivity contribution in [2.75, 3.05) is 4.72 Å². The van der Waals surface area contributed by atoms with Crippen LogP contribution in [0.25, 0.3) is 0 Å². The second kappa shape index (κ2) is 5.97. The second-order valence-corrected chi connectivity index (χ2v) is 6.91. The van der Waals surface area contributed by atoms with E-state index in [1.807, 2.05) is 0 Å². The molecule has 0 saturated heterocycles. The molecule has 3 rings (SSSR count). The Kier molecular flexibility index (Phi) is 3.98. The third-order valence-electron chi connectivity index (χ3n) is 3.55. The normalized spacial score (nSPS) is 13.8. The number of carboxylic acids is 1. The third-order valence-corrected chi connectivity index (χ3v) is 4.93. The van der Waals surface area contributed by atoms with Gasteiger partial charge in [-0.2, -0.15) is 0 Å². The standard InChI is InChI=1S/C16H13NO6S/c18-15-8-3-11-9-13(6-7-14(11)23-15)24(21,22)17-12-4-1-10(2-5-12)16(19)20/h1-2,4-7,9,17H,3,8H2,(H,19,20). The SMILES string of the molecule is O=C1CCc2cc(S(=O)(=O)Nc3ccc(C(=O)O)cc3)ccc2O1. The smallest absolute Gasteiger partial charge is 0.335 e. The number of carbonyl (C=O) groups is 2. The quantitative estimate of drug-likeness (QED) is 0.647. The molecule has 0 unspecified atom stereocenters. The van der Waals surface area contributed by atoms with E-state index in [1.165, 1.54) is 42.5 Å². The van der Waals surface area contributed by atoms with Gasteiger partial charge >= 0.3 is 11.9 Å². The topological polar surface area (TPSA) is 110 Å². The second-order valence-electron chi connectivity index (χ2n) is 5.23. The van der Waals surface area contributed by atoms with E-state index in [1.54, 1.807) is 0 Å². The van der Waals surface area contributed by atoms with E-state index < -0.39 is 16.0 Å². The largest absolute Gasteiger partial charge is 0.478 e. The summed E-state index contributed by atoms with van der Waals surface area (Å²) >= 11 is 0. The lowest BCUT2D eigenvalue weighted by molar-refractivity contribution is -0.135. The van der Waals surface area contributed by atoms with Gasteiger partial charge in [-0.15, -0.1) is 0 Å². The van der Waals surface area contributed by atoms with Crippen LogP contribution in [0, 0.1) is 0 Å². The molecule has 24 heavy (non-hydrogen) atoms. The molecule has 124 valence electrons. The number of anilines is 1. The number of benzene rings is 2. The molecule has 0 bridgehead atoms. The molecule has 0 atom stereocenters. The molecule has 1 aliphatic heterocycles. The number of hydrogen-bond donors (Lipinski definition) is 2. The van der Waals surface area contributed by atoms with Crippen molar-refractivity contribution < 1.29 is 27.9 Å². The van der Waals surface area contributed by atoms with Gasteiger partial charge in [0.25, 0.3) is 10.0 Å². The van der Waals surface area contributed by atoms with Gasteiger partial charge in [0.1, 0.15) is 5.75 Å². The number of sulfonamides is 1. The van der Waals surface area contributed by atoms with Crippen molar-refractivity contribution in [1.29, 1.82) is 0 Å². The number of esters is 1. The van der Waals surface area contributed by atoms with Crippen LogP contribution in [-0.2, 0) is 21.2 Å². The molecular formula is C16H13NO6S. The van der Waals surface area contributed by atoms with E-state index in [0.717, 1.165) is 0 Å². The molecule has 1 heterocycles. The fraction of sp³-hybridized carbons (Fsp3) is 0.125. The van der Waals surface area contributed by atoms with E-state index in [0.29, 0.717) is 17.7 Å². The van der Waals surface area contributed by atoms with Gasteiger partial charge in [0.2, 0.25) is 0 Å². The Hall–Kier alpha value is -2.87. The Bertz CT molecular complexity index is 918. The zero-order valence-electron chi connectivity index (χ0n) is 12.4. The Morgan fingerprint density at radius 1 is 1.08 bits per heavy atom. The zero-order chi connectivity index (χ0) is 17.3. The fourth-order valence-electron chi connectivity index (χ4n) is 2.32. The molecule has 2 aromatic carbocycles. The fourth-order valence-corrected chi connectivity index (χ4v) is 3.43. The van der Waals surface area contributed by atoms with Gasteiger partial charge < -0.3 is 9.84 Å². The number of hydrogen-bond acceptors (Lipinski definition) is 5. The molecule has 7 nitrogen and oxygen atoms in total.